The molecule has 1 aliphatic heterocycles. The number of nitrogens with zero attached hydrogens (tertiary/aromatic N) is 1. The van der Waals surface area contributed by atoms with Crippen molar-refractivity contribution in [1.82, 2.24) is 10.2 Å². The van der Waals surface area contributed by atoms with Crippen LogP contribution in [0.2, 0.25) is 0 Å². The highest BCUT2D eigenvalue weighted by atomic mass is 15.2. The lowest BCUT2D eigenvalue weighted by Crippen LogP contribution is -2.48. The molecule has 2 heteroatoms. The monoisotopic (exact) mass is 254 g/mol. The van der Waals surface area contributed by atoms with Gasteiger partial charge in [0, 0.05) is 18.6 Å². The first kappa shape index (κ1) is 16.0. The molecule has 108 valence electrons. The highest BCUT2D eigenvalue weighted by molar-refractivity contribution is 4.90. The van der Waals surface area contributed by atoms with E-state index in [4.69, 9.17) is 0 Å². The van der Waals surface area contributed by atoms with E-state index < -0.39 is 0 Å². The van der Waals surface area contributed by atoms with Gasteiger partial charge in [-0.2, -0.15) is 0 Å². The van der Waals surface area contributed by atoms with Crippen molar-refractivity contribution in [1.29, 1.82) is 0 Å². The minimum Gasteiger partial charge on any atom is -0.315 e. The largest absolute Gasteiger partial charge is 0.315 e. The summed E-state index contributed by atoms with van der Waals surface area (Å²) in [5.74, 6) is 0.866. The molecule has 1 N–H and O–H groups in total. The Morgan fingerprint density at radius 3 is 2.33 bits per heavy atom. The summed E-state index contributed by atoms with van der Waals surface area (Å²) in [5.41, 5.74) is 0.465. The molecule has 1 aliphatic rings. The third kappa shape index (κ3) is 3.96. The molecule has 3 unspecified atom stereocenters. The molecule has 18 heavy (non-hydrogen) atoms. The molecule has 0 bridgehead atoms. The van der Waals surface area contributed by atoms with Crippen molar-refractivity contribution in [2.24, 2.45) is 11.3 Å². The van der Waals surface area contributed by atoms with Crippen LogP contribution in [0.25, 0.3) is 0 Å². The summed E-state index contributed by atoms with van der Waals surface area (Å²) in [4.78, 5) is 2.74. The predicted molar refractivity (Wildman–Crippen MR) is 81.0 cm³/mol. The van der Waals surface area contributed by atoms with E-state index in [-0.39, 0.29) is 0 Å². The van der Waals surface area contributed by atoms with E-state index in [1.165, 1.54) is 38.8 Å². The van der Waals surface area contributed by atoms with Crippen LogP contribution in [0.1, 0.15) is 60.3 Å². The second-order valence-electron chi connectivity index (χ2n) is 7.01. The molecular formula is C16H34N2. The zero-order valence-corrected chi connectivity index (χ0v) is 13.4. The Morgan fingerprint density at radius 2 is 1.94 bits per heavy atom. The van der Waals surface area contributed by atoms with Gasteiger partial charge in [0.2, 0.25) is 0 Å². The van der Waals surface area contributed by atoms with Crippen LogP contribution in [0.5, 0.6) is 0 Å². The molecule has 0 amide bonds. The SMILES string of the molecule is CCCC(NC)C(CC)N1CCC(C(C)(C)C)C1. The van der Waals surface area contributed by atoms with Gasteiger partial charge in [-0.1, -0.05) is 41.0 Å². The van der Waals surface area contributed by atoms with Gasteiger partial charge in [-0.15, -0.1) is 0 Å². The smallest absolute Gasteiger partial charge is 0.0246 e. The van der Waals surface area contributed by atoms with Crippen molar-refractivity contribution < 1.29 is 0 Å². The number of nitrogens with one attached hydrogen (secondary N) is 1. The molecule has 0 spiro atoms. The van der Waals surface area contributed by atoms with Crippen LogP contribution in [0.15, 0.2) is 0 Å². The molecule has 0 aromatic heterocycles. The zero-order chi connectivity index (χ0) is 13.8. The Balaban J connectivity index is 2.62. The Kier molecular flexibility index (Phi) is 6.13. The topological polar surface area (TPSA) is 15.3 Å². The van der Waals surface area contributed by atoms with Crippen molar-refractivity contribution in [3.05, 3.63) is 0 Å². The first-order valence-corrected chi connectivity index (χ1v) is 7.85. The van der Waals surface area contributed by atoms with E-state index in [1.54, 1.807) is 0 Å². The van der Waals surface area contributed by atoms with Crippen LogP contribution in [0, 0.1) is 11.3 Å². The number of hydrogen-bond acceptors (Lipinski definition) is 2. The highest BCUT2D eigenvalue weighted by Gasteiger charge is 2.36. The maximum Gasteiger partial charge on any atom is 0.0246 e. The summed E-state index contributed by atoms with van der Waals surface area (Å²) in [6.45, 7) is 14.4. The molecule has 1 heterocycles. The summed E-state index contributed by atoms with van der Waals surface area (Å²) in [6.07, 6.45) is 5.22. The van der Waals surface area contributed by atoms with Crippen molar-refractivity contribution in [3.63, 3.8) is 0 Å². The highest BCUT2D eigenvalue weighted by Crippen LogP contribution is 2.35. The van der Waals surface area contributed by atoms with Crippen molar-refractivity contribution in [2.75, 3.05) is 20.1 Å². The van der Waals surface area contributed by atoms with Crippen molar-refractivity contribution in [3.8, 4) is 0 Å². The minimum atomic E-state index is 0.465. The fourth-order valence-corrected chi connectivity index (χ4v) is 3.43. The Morgan fingerprint density at radius 1 is 1.28 bits per heavy atom. The Labute approximate surface area is 115 Å². The molecular weight excluding hydrogens is 220 g/mol. The molecule has 1 rings (SSSR count). The molecule has 1 fully saturated rings. The van der Waals surface area contributed by atoms with Gasteiger partial charge in [-0.3, -0.25) is 4.90 Å². The second kappa shape index (κ2) is 6.91. The quantitative estimate of drug-likeness (QED) is 0.780. The lowest BCUT2D eigenvalue weighted by Gasteiger charge is -2.35. The van der Waals surface area contributed by atoms with Crippen molar-refractivity contribution >= 4 is 0 Å². The van der Waals surface area contributed by atoms with Crippen LogP contribution >= 0.6 is 0 Å². The number of hydrogen-bond donors (Lipinski definition) is 1. The maximum atomic E-state index is 3.54. The molecule has 0 aromatic rings. The lowest BCUT2D eigenvalue weighted by molar-refractivity contribution is 0.158. The fourth-order valence-electron chi connectivity index (χ4n) is 3.43. The molecule has 0 radical (unpaired) electrons. The summed E-state index contributed by atoms with van der Waals surface area (Å²) in [5, 5.41) is 3.54. The summed E-state index contributed by atoms with van der Waals surface area (Å²) >= 11 is 0. The normalized spacial score (nSPS) is 25.3. The fraction of sp³-hybridized carbons (Fsp3) is 1.00. The number of rotatable bonds is 6. The van der Waals surface area contributed by atoms with Crippen LogP contribution in [-0.2, 0) is 0 Å². The molecule has 3 atom stereocenters. The first-order valence-electron chi connectivity index (χ1n) is 7.85. The van der Waals surface area contributed by atoms with Gasteiger partial charge in [0.1, 0.15) is 0 Å². The van der Waals surface area contributed by atoms with Crippen LogP contribution < -0.4 is 5.32 Å². The number of likely N-dealkylation sites (N-methyl/N-ethyl adjacent to an activating group) is 1. The lowest BCUT2D eigenvalue weighted by atomic mass is 9.80. The van der Waals surface area contributed by atoms with Crippen molar-refractivity contribution in [2.45, 2.75) is 72.4 Å². The summed E-state index contributed by atoms with van der Waals surface area (Å²) < 4.78 is 0. The standard InChI is InChI=1S/C16H34N2/c1-7-9-14(17-6)15(8-2)18-11-10-13(12-18)16(3,4)5/h13-15,17H,7-12H2,1-6H3. The van der Waals surface area contributed by atoms with Gasteiger partial charge < -0.3 is 5.32 Å². The molecule has 0 saturated carbocycles. The van der Waals surface area contributed by atoms with E-state index in [0.29, 0.717) is 11.5 Å². The van der Waals surface area contributed by atoms with E-state index in [9.17, 15) is 0 Å². The van der Waals surface area contributed by atoms with Crippen LogP contribution in [-0.4, -0.2) is 37.1 Å². The van der Waals surface area contributed by atoms with Gasteiger partial charge >= 0.3 is 0 Å². The van der Waals surface area contributed by atoms with E-state index in [0.717, 1.165) is 12.0 Å². The van der Waals surface area contributed by atoms with Gasteiger partial charge in [0.25, 0.3) is 0 Å². The van der Waals surface area contributed by atoms with Gasteiger partial charge in [-0.25, -0.2) is 0 Å². The average Bonchev–Trinajstić information content (AvgIpc) is 2.78. The molecule has 1 saturated heterocycles. The Hall–Kier alpha value is -0.0800. The van der Waals surface area contributed by atoms with Gasteiger partial charge in [-0.05, 0) is 44.2 Å². The van der Waals surface area contributed by atoms with Gasteiger partial charge in [0.15, 0.2) is 0 Å². The minimum absolute atomic E-state index is 0.465. The van der Waals surface area contributed by atoms with E-state index in [1.807, 2.05) is 0 Å². The zero-order valence-electron chi connectivity index (χ0n) is 13.4. The van der Waals surface area contributed by atoms with Gasteiger partial charge in [0.05, 0.1) is 0 Å². The van der Waals surface area contributed by atoms with Crippen LogP contribution in [0.3, 0.4) is 0 Å². The average molecular weight is 254 g/mol. The van der Waals surface area contributed by atoms with Crippen LogP contribution in [0.4, 0.5) is 0 Å². The molecule has 2 nitrogen and oxygen atoms in total. The van der Waals surface area contributed by atoms with E-state index in [2.05, 4.69) is 51.9 Å². The first-order chi connectivity index (χ1) is 8.43. The molecule has 0 aliphatic carbocycles. The molecule has 0 aromatic carbocycles. The second-order valence-corrected chi connectivity index (χ2v) is 7.01. The predicted octanol–water partition coefficient (Wildman–Crippen LogP) is 3.52. The third-order valence-electron chi connectivity index (χ3n) is 4.77. The summed E-state index contributed by atoms with van der Waals surface area (Å²) in [7, 11) is 2.13. The summed E-state index contributed by atoms with van der Waals surface area (Å²) in [6, 6.07) is 1.39. The number of likely N-dealkylation sites (tertiary alicyclic amines) is 1. The Bertz CT molecular complexity index is 232. The maximum absolute atomic E-state index is 3.54. The third-order valence-corrected chi connectivity index (χ3v) is 4.77. The van der Waals surface area contributed by atoms with E-state index >= 15 is 0 Å².